The van der Waals surface area contributed by atoms with E-state index in [1.54, 1.807) is 12.4 Å². The first-order valence-corrected chi connectivity index (χ1v) is 8.27. The van der Waals surface area contributed by atoms with Crippen LogP contribution < -0.4 is 4.90 Å². The van der Waals surface area contributed by atoms with Gasteiger partial charge in [0.2, 0.25) is 0 Å². The Hall–Kier alpha value is -2.27. The fourth-order valence-corrected chi connectivity index (χ4v) is 2.86. The number of carbonyl (C=O) groups excluding carboxylic acids is 1. The summed E-state index contributed by atoms with van der Waals surface area (Å²) in [6.07, 6.45) is 3.29. The van der Waals surface area contributed by atoms with E-state index in [-0.39, 0.29) is 11.3 Å². The maximum Gasteiger partial charge on any atom is 0.261 e. The summed E-state index contributed by atoms with van der Waals surface area (Å²) in [7, 11) is 2.08. The molecule has 3 rings (SSSR count). The van der Waals surface area contributed by atoms with Crippen molar-refractivity contribution in [3.63, 3.8) is 0 Å². The van der Waals surface area contributed by atoms with Crippen molar-refractivity contribution in [2.45, 2.75) is 32.7 Å². The summed E-state index contributed by atoms with van der Waals surface area (Å²) >= 11 is 0. The summed E-state index contributed by atoms with van der Waals surface area (Å²) in [4.78, 5) is 25.9. The third kappa shape index (κ3) is 3.31. The van der Waals surface area contributed by atoms with Crippen molar-refractivity contribution in [3.8, 4) is 0 Å². The molecule has 5 nitrogen and oxygen atoms in total. The van der Waals surface area contributed by atoms with Crippen LogP contribution in [0.4, 0.5) is 5.69 Å². The number of aromatic nitrogens is 2. The Kier molecular flexibility index (Phi) is 4.37. The van der Waals surface area contributed by atoms with E-state index in [4.69, 9.17) is 0 Å². The summed E-state index contributed by atoms with van der Waals surface area (Å²) in [5, 5.41) is 0. The largest absolute Gasteiger partial charge is 0.307 e. The molecular weight excluding hydrogens is 300 g/mol. The molecular formula is C19H24N4O. The van der Waals surface area contributed by atoms with Crippen molar-refractivity contribution < 1.29 is 4.79 Å². The molecule has 1 aliphatic heterocycles. The van der Waals surface area contributed by atoms with E-state index in [2.05, 4.69) is 48.8 Å². The van der Waals surface area contributed by atoms with E-state index in [9.17, 15) is 4.79 Å². The number of anilines is 1. The lowest BCUT2D eigenvalue weighted by atomic mass is 9.96. The number of likely N-dealkylation sites (N-methyl/N-ethyl adjacent to an activating group) is 1. The van der Waals surface area contributed by atoms with Gasteiger partial charge in [-0.2, -0.15) is 0 Å². The van der Waals surface area contributed by atoms with Gasteiger partial charge in [-0.05, 0) is 18.7 Å². The third-order valence-corrected chi connectivity index (χ3v) is 4.24. The molecule has 1 aliphatic rings. The fourth-order valence-electron chi connectivity index (χ4n) is 2.86. The average Bonchev–Trinajstić information content (AvgIpc) is 2.72. The minimum atomic E-state index is -0.126. The van der Waals surface area contributed by atoms with E-state index in [0.29, 0.717) is 12.1 Å². The van der Waals surface area contributed by atoms with Crippen molar-refractivity contribution in [2.75, 3.05) is 25.0 Å². The molecule has 5 heteroatoms. The molecule has 0 saturated carbocycles. The van der Waals surface area contributed by atoms with Gasteiger partial charge >= 0.3 is 0 Å². The van der Waals surface area contributed by atoms with Crippen molar-refractivity contribution in [3.05, 3.63) is 53.6 Å². The molecule has 1 amide bonds. The van der Waals surface area contributed by atoms with Crippen molar-refractivity contribution in [1.29, 1.82) is 0 Å². The van der Waals surface area contributed by atoms with Crippen LogP contribution in [0.2, 0.25) is 0 Å². The predicted octanol–water partition coefficient (Wildman–Crippen LogP) is 2.87. The smallest absolute Gasteiger partial charge is 0.261 e. The van der Waals surface area contributed by atoms with Crippen LogP contribution >= 0.6 is 0 Å². The van der Waals surface area contributed by atoms with Gasteiger partial charge in [0.15, 0.2) is 0 Å². The van der Waals surface area contributed by atoms with E-state index < -0.39 is 0 Å². The predicted molar refractivity (Wildman–Crippen MR) is 95.2 cm³/mol. The maximum absolute atomic E-state index is 13.0. The number of fused-ring (bicyclic) bond motifs is 1. The van der Waals surface area contributed by atoms with Gasteiger partial charge in [-0.1, -0.05) is 39.0 Å². The Morgan fingerprint density at radius 1 is 1.08 bits per heavy atom. The highest BCUT2D eigenvalue weighted by Crippen LogP contribution is 2.26. The number of para-hydroxylation sites is 1. The van der Waals surface area contributed by atoms with Crippen LogP contribution in [0.3, 0.4) is 0 Å². The van der Waals surface area contributed by atoms with E-state index in [0.717, 1.165) is 30.2 Å². The molecule has 1 aromatic heterocycles. The van der Waals surface area contributed by atoms with Crippen LogP contribution in [0, 0.1) is 0 Å². The zero-order chi connectivity index (χ0) is 17.3. The molecule has 126 valence electrons. The van der Waals surface area contributed by atoms with E-state index >= 15 is 0 Å². The number of rotatable bonds is 1. The molecule has 0 bridgehead atoms. The third-order valence-electron chi connectivity index (χ3n) is 4.24. The second-order valence-corrected chi connectivity index (χ2v) is 7.37. The number of amides is 1. The quantitative estimate of drug-likeness (QED) is 0.809. The second kappa shape index (κ2) is 6.32. The zero-order valence-electron chi connectivity index (χ0n) is 14.8. The van der Waals surface area contributed by atoms with Gasteiger partial charge in [0.1, 0.15) is 5.82 Å². The normalized spacial score (nSPS) is 15.8. The minimum Gasteiger partial charge on any atom is -0.307 e. The van der Waals surface area contributed by atoms with Gasteiger partial charge in [-0.25, -0.2) is 9.97 Å². The monoisotopic (exact) mass is 324 g/mol. The van der Waals surface area contributed by atoms with Crippen LogP contribution in [0.15, 0.2) is 36.7 Å². The molecule has 0 saturated heterocycles. The summed E-state index contributed by atoms with van der Waals surface area (Å²) < 4.78 is 0. The SMILES string of the molecule is CN1CCN(C(=O)c2cnc(C(C)(C)C)nc2)c2ccccc2C1. The number of hydrogen-bond acceptors (Lipinski definition) is 4. The summed E-state index contributed by atoms with van der Waals surface area (Å²) in [6.45, 7) is 8.52. The zero-order valence-corrected chi connectivity index (χ0v) is 14.8. The van der Waals surface area contributed by atoms with Crippen LogP contribution in [0.1, 0.15) is 42.5 Å². The van der Waals surface area contributed by atoms with Gasteiger partial charge in [-0.15, -0.1) is 0 Å². The summed E-state index contributed by atoms with van der Waals surface area (Å²) in [6, 6.07) is 8.08. The first-order chi connectivity index (χ1) is 11.4. The maximum atomic E-state index is 13.0. The summed E-state index contributed by atoms with van der Waals surface area (Å²) in [5.74, 6) is 0.702. The van der Waals surface area contributed by atoms with Crippen molar-refractivity contribution in [1.82, 2.24) is 14.9 Å². The van der Waals surface area contributed by atoms with E-state index in [1.165, 1.54) is 0 Å². The number of hydrogen-bond donors (Lipinski definition) is 0. The van der Waals surface area contributed by atoms with Gasteiger partial charge in [0, 0.05) is 43.1 Å². The van der Waals surface area contributed by atoms with Gasteiger partial charge in [-0.3, -0.25) is 4.79 Å². The Morgan fingerprint density at radius 2 is 1.75 bits per heavy atom. The van der Waals surface area contributed by atoms with Gasteiger partial charge < -0.3 is 9.80 Å². The molecule has 0 unspecified atom stereocenters. The average molecular weight is 324 g/mol. The molecule has 24 heavy (non-hydrogen) atoms. The molecule has 0 aliphatic carbocycles. The van der Waals surface area contributed by atoms with Gasteiger partial charge in [0.05, 0.1) is 5.56 Å². The van der Waals surface area contributed by atoms with Crippen LogP contribution in [-0.4, -0.2) is 40.9 Å². The fraction of sp³-hybridized carbons (Fsp3) is 0.421. The number of benzene rings is 1. The molecule has 2 heterocycles. The highest BCUT2D eigenvalue weighted by Gasteiger charge is 2.25. The Labute approximate surface area is 143 Å². The lowest BCUT2D eigenvalue weighted by Gasteiger charge is -2.23. The number of carbonyl (C=O) groups is 1. The second-order valence-electron chi connectivity index (χ2n) is 7.37. The molecule has 0 N–H and O–H groups in total. The van der Waals surface area contributed by atoms with Crippen LogP contribution in [0.5, 0.6) is 0 Å². The van der Waals surface area contributed by atoms with Crippen molar-refractivity contribution in [2.24, 2.45) is 0 Å². The molecule has 1 aromatic carbocycles. The molecule has 2 aromatic rings. The van der Waals surface area contributed by atoms with Crippen LogP contribution in [0.25, 0.3) is 0 Å². The highest BCUT2D eigenvalue weighted by atomic mass is 16.2. The highest BCUT2D eigenvalue weighted by molar-refractivity contribution is 6.06. The lowest BCUT2D eigenvalue weighted by molar-refractivity contribution is 0.0985. The minimum absolute atomic E-state index is 0.0433. The van der Waals surface area contributed by atoms with Crippen molar-refractivity contribution >= 4 is 11.6 Å². The van der Waals surface area contributed by atoms with Gasteiger partial charge in [0.25, 0.3) is 5.91 Å². The molecule has 0 radical (unpaired) electrons. The Balaban J connectivity index is 1.92. The first kappa shape index (κ1) is 16.6. The topological polar surface area (TPSA) is 49.3 Å². The Morgan fingerprint density at radius 3 is 2.42 bits per heavy atom. The Bertz CT molecular complexity index is 734. The molecule has 0 atom stereocenters. The number of nitrogens with zero attached hydrogens (tertiary/aromatic N) is 4. The molecule has 0 spiro atoms. The molecule has 0 fully saturated rings. The first-order valence-electron chi connectivity index (χ1n) is 8.27. The lowest BCUT2D eigenvalue weighted by Crippen LogP contribution is -2.35. The standard InChI is InChI=1S/C19H24N4O/c1-19(2,3)18-20-11-15(12-21-18)17(24)23-10-9-22(4)13-14-7-5-6-8-16(14)23/h5-8,11-12H,9-10,13H2,1-4H3. The van der Waals surface area contributed by atoms with Crippen LogP contribution in [-0.2, 0) is 12.0 Å². The summed E-state index contributed by atoms with van der Waals surface area (Å²) in [5.41, 5.74) is 2.55. The van der Waals surface area contributed by atoms with E-state index in [1.807, 2.05) is 23.1 Å².